The average molecular weight is 233 g/mol. The van der Waals surface area contributed by atoms with Crippen molar-refractivity contribution in [2.24, 2.45) is 5.92 Å². The molecule has 1 aliphatic rings. The summed E-state index contributed by atoms with van der Waals surface area (Å²) in [5, 5.41) is 3.16. The van der Waals surface area contributed by atoms with Crippen LogP contribution in [0.4, 0.5) is 0 Å². The molecule has 1 aromatic carbocycles. The molecular formula is C15H23NO. The maximum atomic E-state index is 5.68. The highest BCUT2D eigenvalue weighted by molar-refractivity contribution is 5.22. The molecule has 1 fully saturated rings. The van der Waals surface area contributed by atoms with Crippen LogP contribution in [0.25, 0.3) is 0 Å². The zero-order valence-electron chi connectivity index (χ0n) is 10.7. The molecule has 0 saturated heterocycles. The minimum absolute atomic E-state index is 0.763. The molecule has 0 atom stereocenters. The first kappa shape index (κ1) is 12.6. The van der Waals surface area contributed by atoms with Crippen molar-refractivity contribution in [3.05, 3.63) is 35.4 Å². The number of rotatable bonds is 8. The van der Waals surface area contributed by atoms with Crippen LogP contribution in [0.3, 0.4) is 0 Å². The van der Waals surface area contributed by atoms with E-state index in [0.717, 1.165) is 32.1 Å². The lowest BCUT2D eigenvalue weighted by Crippen LogP contribution is -2.10. The van der Waals surface area contributed by atoms with E-state index in [-0.39, 0.29) is 0 Å². The quantitative estimate of drug-likeness (QED) is 0.697. The third kappa shape index (κ3) is 4.88. The van der Waals surface area contributed by atoms with E-state index in [9.17, 15) is 0 Å². The average Bonchev–Trinajstić information content (AvgIpc) is 3.18. The van der Waals surface area contributed by atoms with Crippen molar-refractivity contribution in [1.29, 1.82) is 0 Å². The normalized spacial score (nSPS) is 15.1. The lowest BCUT2D eigenvalue weighted by Gasteiger charge is -2.05. The topological polar surface area (TPSA) is 21.3 Å². The van der Waals surface area contributed by atoms with Crippen molar-refractivity contribution in [2.75, 3.05) is 20.2 Å². The molecule has 0 aliphatic heterocycles. The smallest absolute Gasteiger partial charge is 0.0716 e. The molecule has 2 heteroatoms. The van der Waals surface area contributed by atoms with Crippen LogP contribution >= 0.6 is 0 Å². The lowest BCUT2D eigenvalue weighted by molar-refractivity contribution is 0.115. The fourth-order valence-corrected chi connectivity index (χ4v) is 1.92. The van der Waals surface area contributed by atoms with Crippen LogP contribution in [0.15, 0.2) is 24.3 Å². The molecule has 2 rings (SSSR count). The zero-order valence-corrected chi connectivity index (χ0v) is 10.7. The first-order chi connectivity index (χ1) is 8.38. The van der Waals surface area contributed by atoms with E-state index in [1.54, 1.807) is 0 Å². The van der Waals surface area contributed by atoms with Gasteiger partial charge in [-0.25, -0.2) is 0 Å². The Hall–Kier alpha value is -0.860. The van der Waals surface area contributed by atoms with E-state index in [1.807, 2.05) is 7.05 Å². The summed E-state index contributed by atoms with van der Waals surface area (Å²) in [4.78, 5) is 0. The third-order valence-electron chi connectivity index (χ3n) is 3.32. The molecule has 1 aromatic rings. The molecule has 1 aliphatic carbocycles. The number of likely N-dealkylation sites (N-methyl/N-ethyl adjacent to an activating group) is 1. The third-order valence-corrected chi connectivity index (χ3v) is 3.32. The van der Waals surface area contributed by atoms with Gasteiger partial charge in [0.15, 0.2) is 0 Å². The summed E-state index contributed by atoms with van der Waals surface area (Å²) in [5.41, 5.74) is 2.68. The second kappa shape index (κ2) is 6.77. The standard InChI is InChI=1S/C15H23NO/c1-16-10-8-13-4-6-15(7-5-13)12-17-11-9-14-2-3-14/h4-7,14,16H,2-3,8-12H2,1H3. The van der Waals surface area contributed by atoms with Crippen LogP contribution in [-0.4, -0.2) is 20.2 Å². The van der Waals surface area contributed by atoms with Crippen LogP contribution in [-0.2, 0) is 17.8 Å². The molecule has 0 unspecified atom stereocenters. The van der Waals surface area contributed by atoms with Crippen molar-refractivity contribution in [3.63, 3.8) is 0 Å². The minimum Gasteiger partial charge on any atom is -0.377 e. The summed E-state index contributed by atoms with van der Waals surface area (Å²) in [6.07, 6.45) is 5.19. The van der Waals surface area contributed by atoms with Gasteiger partial charge in [0.1, 0.15) is 0 Å². The molecule has 0 aromatic heterocycles. The summed E-state index contributed by atoms with van der Waals surface area (Å²) in [6, 6.07) is 8.78. The van der Waals surface area contributed by atoms with Gasteiger partial charge in [-0.2, -0.15) is 0 Å². The number of nitrogens with one attached hydrogen (secondary N) is 1. The van der Waals surface area contributed by atoms with Crippen molar-refractivity contribution < 1.29 is 4.74 Å². The maximum absolute atomic E-state index is 5.68. The van der Waals surface area contributed by atoms with Crippen LogP contribution in [0.1, 0.15) is 30.4 Å². The van der Waals surface area contributed by atoms with Gasteiger partial charge in [0, 0.05) is 6.61 Å². The molecular weight excluding hydrogens is 210 g/mol. The van der Waals surface area contributed by atoms with Crippen LogP contribution in [0.5, 0.6) is 0 Å². The lowest BCUT2D eigenvalue weighted by atomic mass is 10.1. The Morgan fingerprint density at radius 1 is 1.18 bits per heavy atom. The van der Waals surface area contributed by atoms with E-state index in [4.69, 9.17) is 4.74 Å². The molecule has 1 N–H and O–H groups in total. The Labute approximate surface area is 104 Å². The highest BCUT2D eigenvalue weighted by Gasteiger charge is 2.20. The summed E-state index contributed by atoms with van der Waals surface area (Å²) in [5.74, 6) is 0.971. The summed E-state index contributed by atoms with van der Waals surface area (Å²) < 4.78 is 5.68. The largest absolute Gasteiger partial charge is 0.377 e. The van der Waals surface area contributed by atoms with Gasteiger partial charge in [0.2, 0.25) is 0 Å². The van der Waals surface area contributed by atoms with Gasteiger partial charge in [-0.1, -0.05) is 37.1 Å². The number of benzene rings is 1. The molecule has 0 bridgehead atoms. The maximum Gasteiger partial charge on any atom is 0.0716 e. The molecule has 0 amide bonds. The van der Waals surface area contributed by atoms with E-state index < -0.39 is 0 Å². The molecule has 17 heavy (non-hydrogen) atoms. The Bertz CT molecular complexity index is 316. The summed E-state index contributed by atoms with van der Waals surface area (Å²) in [7, 11) is 1.99. The first-order valence-electron chi connectivity index (χ1n) is 6.68. The van der Waals surface area contributed by atoms with Gasteiger partial charge >= 0.3 is 0 Å². The highest BCUT2D eigenvalue weighted by Crippen LogP contribution is 2.32. The second-order valence-electron chi connectivity index (χ2n) is 4.95. The number of hydrogen-bond acceptors (Lipinski definition) is 2. The van der Waals surface area contributed by atoms with E-state index in [1.165, 1.54) is 30.4 Å². The van der Waals surface area contributed by atoms with Gasteiger partial charge < -0.3 is 10.1 Å². The van der Waals surface area contributed by atoms with E-state index >= 15 is 0 Å². The fourth-order valence-electron chi connectivity index (χ4n) is 1.92. The van der Waals surface area contributed by atoms with Crippen molar-refractivity contribution in [2.45, 2.75) is 32.3 Å². The summed E-state index contributed by atoms with van der Waals surface area (Å²) >= 11 is 0. The van der Waals surface area contributed by atoms with Gasteiger partial charge in [-0.15, -0.1) is 0 Å². The molecule has 0 heterocycles. The molecule has 0 spiro atoms. The van der Waals surface area contributed by atoms with Gasteiger partial charge in [0.05, 0.1) is 6.61 Å². The Kier molecular flexibility index (Phi) is 5.02. The zero-order chi connectivity index (χ0) is 11.9. The predicted octanol–water partition coefficient (Wildman–Crippen LogP) is 2.77. The van der Waals surface area contributed by atoms with Crippen LogP contribution < -0.4 is 5.32 Å². The monoisotopic (exact) mass is 233 g/mol. The second-order valence-corrected chi connectivity index (χ2v) is 4.95. The van der Waals surface area contributed by atoms with E-state index in [0.29, 0.717) is 0 Å². The highest BCUT2D eigenvalue weighted by atomic mass is 16.5. The SMILES string of the molecule is CNCCc1ccc(COCCC2CC2)cc1. The Morgan fingerprint density at radius 2 is 1.88 bits per heavy atom. The van der Waals surface area contributed by atoms with Crippen LogP contribution in [0.2, 0.25) is 0 Å². The van der Waals surface area contributed by atoms with Gasteiger partial charge in [-0.3, -0.25) is 0 Å². The molecule has 2 nitrogen and oxygen atoms in total. The number of hydrogen-bond donors (Lipinski definition) is 1. The minimum atomic E-state index is 0.763. The molecule has 94 valence electrons. The van der Waals surface area contributed by atoms with Crippen LogP contribution in [0, 0.1) is 5.92 Å². The summed E-state index contributed by atoms with van der Waals surface area (Å²) in [6.45, 7) is 2.72. The van der Waals surface area contributed by atoms with E-state index in [2.05, 4.69) is 29.6 Å². The van der Waals surface area contributed by atoms with Gasteiger partial charge in [-0.05, 0) is 43.5 Å². The van der Waals surface area contributed by atoms with Crippen molar-refractivity contribution in [3.8, 4) is 0 Å². The Morgan fingerprint density at radius 3 is 2.53 bits per heavy atom. The molecule has 0 radical (unpaired) electrons. The van der Waals surface area contributed by atoms with Gasteiger partial charge in [0.25, 0.3) is 0 Å². The van der Waals surface area contributed by atoms with Crippen molar-refractivity contribution >= 4 is 0 Å². The number of ether oxygens (including phenoxy) is 1. The predicted molar refractivity (Wildman–Crippen MR) is 71.1 cm³/mol. The molecule has 1 saturated carbocycles. The Balaban J connectivity index is 1.65. The first-order valence-corrected chi connectivity index (χ1v) is 6.68. The van der Waals surface area contributed by atoms with Crippen molar-refractivity contribution in [1.82, 2.24) is 5.32 Å². The fraction of sp³-hybridized carbons (Fsp3) is 0.600.